The van der Waals surface area contributed by atoms with Gasteiger partial charge >= 0.3 is 0 Å². The van der Waals surface area contributed by atoms with E-state index in [4.69, 9.17) is 0 Å². The molecule has 1 N–H and O–H groups in total. The Morgan fingerprint density at radius 1 is 1.33 bits per heavy atom. The molecule has 2 rings (SSSR count). The molecule has 3 heteroatoms. The molecule has 0 amide bonds. The molecule has 2 unspecified atom stereocenters. The van der Waals surface area contributed by atoms with Crippen molar-refractivity contribution in [3.63, 3.8) is 0 Å². The summed E-state index contributed by atoms with van der Waals surface area (Å²) in [6.07, 6.45) is 0.903. The van der Waals surface area contributed by atoms with Gasteiger partial charge in [-0.25, -0.2) is 4.39 Å². The van der Waals surface area contributed by atoms with E-state index in [2.05, 4.69) is 5.32 Å². The van der Waals surface area contributed by atoms with Gasteiger partial charge in [0.15, 0.2) is 0 Å². The summed E-state index contributed by atoms with van der Waals surface area (Å²) >= 11 is 0. The van der Waals surface area contributed by atoms with Crippen LogP contribution in [0.4, 0.5) is 4.39 Å². The van der Waals surface area contributed by atoms with Gasteiger partial charge in [0.2, 0.25) is 0 Å². The van der Waals surface area contributed by atoms with Crippen LogP contribution in [0.2, 0.25) is 0 Å². The van der Waals surface area contributed by atoms with Crippen molar-refractivity contribution in [1.29, 1.82) is 0 Å². The van der Waals surface area contributed by atoms with Crippen molar-refractivity contribution in [3.05, 3.63) is 35.4 Å². The van der Waals surface area contributed by atoms with Crippen LogP contribution in [0, 0.1) is 6.92 Å². The Hall–Kier alpha value is -0.600. The van der Waals surface area contributed by atoms with E-state index in [0.29, 0.717) is 6.42 Å². The molecule has 0 saturated carbocycles. The van der Waals surface area contributed by atoms with Crippen molar-refractivity contribution in [2.45, 2.75) is 32.0 Å². The maximum Gasteiger partial charge on any atom is 0.120 e. The van der Waals surface area contributed by atoms with Crippen molar-refractivity contribution in [2.75, 3.05) is 6.54 Å². The molecule has 1 aliphatic heterocycles. The summed E-state index contributed by atoms with van der Waals surface area (Å²) in [7, 11) is 0. The summed E-state index contributed by atoms with van der Waals surface area (Å²) in [5.41, 5.74) is 2.29. The molecule has 0 bridgehead atoms. The Morgan fingerprint density at radius 3 is 2.73 bits per heavy atom. The topological polar surface area (TPSA) is 12.0 Å². The molecule has 2 atom stereocenters. The summed E-state index contributed by atoms with van der Waals surface area (Å²) in [5.74, 6) is 0. The lowest BCUT2D eigenvalue weighted by atomic mass is 9.93. The lowest BCUT2D eigenvalue weighted by molar-refractivity contribution is 0.201. The quantitative estimate of drug-likeness (QED) is 0.780. The van der Waals surface area contributed by atoms with E-state index in [9.17, 15) is 4.39 Å². The zero-order chi connectivity index (χ0) is 9.97. The lowest BCUT2D eigenvalue weighted by Crippen LogP contribution is -2.35. The van der Waals surface area contributed by atoms with Gasteiger partial charge in [-0.1, -0.05) is 24.3 Å². The molecule has 1 aromatic rings. The van der Waals surface area contributed by atoms with Crippen molar-refractivity contribution in [2.24, 2.45) is 0 Å². The van der Waals surface area contributed by atoms with Crippen molar-refractivity contribution < 1.29 is 4.39 Å². The van der Waals surface area contributed by atoms with Crippen LogP contribution in [0.15, 0.2) is 24.3 Å². The van der Waals surface area contributed by atoms with E-state index in [-0.39, 0.29) is 18.4 Å². The van der Waals surface area contributed by atoms with Gasteiger partial charge in [0.25, 0.3) is 0 Å². The molecule has 0 radical (unpaired) electrons. The normalized spacial score (nSPS) is 25.7. The number of rotatable bonds is 1. The number of piperidine rings is 1. The van der Waals surface area contributed by atoms with Crippen LogP contribution in [0.5, 0.6) is 0 Å². The number of hydrogen-bond donors (Lipinski definition) is 1. The number of aryl methyl sites for hydroxylation is 1. The molecule has 1 nitrogen and oxygen atoms in total. The Labute approximate surface area is 96.5 Å². The van der Waals surface area contributed by atoms with E-state index in [1.54, 1.807) is 0 Å². The first kappa shape index (κ1) is 12.5. The van der Waals surface area contributed by atoms with E-state index in [0.717, 1.165) is 18.5 Å². The monoisotopic (exact) mass is 229 g/mol. The Kier molecular flexibility index (Phi) is 4.55. The zero-order valence-corrected chi connectivity index (χ0v) is 9.69. The van der Waals surface area contributed by atoms with Crippen LogP contribution >= 0.6 is 12.4 Å². The largest absolute Gasteiger partial charge is 0.308 e. The van der Waals surface area contributed by atoms with Crippen LogP contribution in [-0.4, -0.2) is 12.7 Å². The van der Waals surface area contributed by atoms with E-state index in [1.165, 1.54) is 5.56 Å². The van der Waals surface area contributed by atoms with Gasteiger partial charge in [-0.2, -0.15) is 0 Å². The third kappa shape index (κ3) is 2.70. The van der Waals surface area contributed by atoms with Gasteiger partial charge < -0.3 is 5.32 Å². The number of hydrogen-bond acceptors (Lipinski definition) is 1. The molecule has 1 aliphatic rings. The molecule has 1 saturated heterocycles. The highest BCUT2D eigenvalue weighted by molar-refractivity contribution is 5.85. The first-order valence-corrected chi connectivity index (χ1v) is 5.22. The number of nitrogens with one attached hydrogen (secondary N) is 1. The van der Waals surface area contributed by atoms with Crippen LogP contribution in [-0.2, 0) is 0 Å². The van der Waals surface area contributed by atoms with Crippen molar-refractivity contribution in [3.8, 4) is 0 Å². The molecule has 1 aromatic carbocycles. The lowest BCUT2D eigenvalue weighted by Gasteiger charge is -2.28. The summed E-state index contributed by atoms with van der Waals surface area (Å²) in [5, 5.41) is 3.25. The fourth-order valence-electron chi connectivity index (χ4n) is 2.09. The second-order valence-corrected chi connectivity index (χ2v) is 3.95. The zero-order valence-electron chi connectivity index (χ0n) is 8.87. The van der Waals surface area contributed by atoms with Gasteiger partial charge in [0.1, 0.15) is 6.17 Å². The molecule has 0 aliphatic carbocycles. The Morgan fingerprint density at radius 2 is 2.07 bits per heavy atom. The fourth-order valence-corrected chi connectivity index (χ4v) is 2.09. The SMILES string of the molecule is Cc1ccccc1C1NCCCC1F.Cl. The standard InChI is InChI=1S/C12H16FN.ClH/c1-9-5-2-3-6-10(9)12-11(13)7-4-8-14-12;/h2-3,5-6,11-12,14H,4,7-8H2,1H3;1H. The third-order valence-electron chi connectivity index (χ3n) is 2.91. The first-order chi connectivity index (χ1) is 6.79. The van der Waals surface area contributed by atoms with E-state index in [1.807, 2.05) is 31.2 Å². The van der Waals surface area contributed by atoms with Crippen LogP contribution in [0.25, 0.3) is 0 Å². The Balaban J connectivity index is 0.00000112. The second kappa shape index (κ2) is 5.47. The van der Waals surface area contributed by atoms with Crippen molar-refractivity contribution in [1.82, 2.24) is 5.32 Å². The maximum atomic E-state index is 13.7. The molecule has 1 fully saturated rings. The smallest absolute Gasteiger partial charge is 0.120 e. The van der Waals surface area contributed by atoms with Crippen molar-refractivity contribution >= 4 is 12.4 Å². The Bertz CT molecular complexity index is 316. The summed E-state index contributed by atoms with van der Waals surface area (Å²) < 4.78 is 13.7. The predicted octanol–water partition coefficient (Wildman–Crippen LogP) is 3.18. The molecular formula is C12H17ClFN. The summed E-state index contributed by atoms with van der Waals surface area (Å²) in [4.78, 5) is 0. The highest BCUT2D eigenvalue weighted by Gasteiger charge is 2.26. The minimum atomic E-state index is -0.732. The molecule has 84 valence electrons. The molecular weight excluding hydrogens is 213 g/mol. The summed E-state index contributed by atoms with van der Waals surface area (Å²) in [6, 6.07) is 7.94. The number of halogens is 2. The predicted molar refractivity (Wildman–Crippen MR) is 63.3 cm³/mol. The second-order valence-electron chi connectivity index (χ2n) is 3.95. The third-order valence-corrected chi connectivity index (χ3v) is 2.91. The van der Waals surface area contributed by atoms with Gasteiger partial charge in [0, 0.05) is 0 Å². The van der Waals surface area contributed by atoms with E-state index < -0.39 is 6.17 Å². The molecule has 0 aromatic heterocycles. The average Bonchev–Trinajstić information content (AvgIpc) is 2.20. The van der Waals surface area contributed by atoms with Crippen LogP contribution in [0.3, 0.4) is 0 Å². The highest BCUT2D eigenvalue weighted by atomic mass is 35.5. The molecule has 1 heterocycles. The molecule has 15 heavy (non-hydrogen) atoms. The van der Waals surface area contributed by atoms with Gasteiger partial charge in [-0.3, -0.25) is 0 Å². The minimum Gasteiger partial charge on any atom is -0.308 e. The highest BCUT2D eigenvalue weighted by Crippen LogP contribution is 2.27. The average molecular weight is 230 g/mol. The molecule has 0 spiro atoms. The van der Waals surface area contributed by atoms with Crippen LogP contribution in [0.1, 0.15) is 30.0 Å². The number of alkyl halides is 1. The van der Waals surface area contributed by atoms with Gasteiger partial charge in [-0.15, -0.1) is 12.4 Å². The maximum absolute atomic E-state index is 13.7. The van der Waals surface area contributed by atoms with Gasteiger partial charge in [0.05, 0.1) is 6.04 Å². The van der Waals surface area contributed by atoms with Gasteiger partial charge in [-0.05, 0) is 37.4 Å². The minimum absolute atomic E-state index is 0. The summed E-state index contributed by atoms with van der Waals surface area (Å²) in [6.45, 7) is 2.97. The first-order valence-electron chi connectivity index (χ1n) is 5.22. The fraction of sp³-hybridized carbons (Fsp3) is 0.500. The van der Waals surface area contributed by atoms with Crippen LogP contribution < -0.4 is 5.32 Å². The number of benzene rings is 1. The van der Waals surface area contributed by atoms with E-state index >= 15 is 0 Å².